The summed E-state index contributed by atoms with van der Waals surface area (Å²) in [5, 5.41) is 12.0. The largest absolute Gasteiger partial charge is 0.382 e. The molecule has 0 spiro atoms. The normalized spacial score (nSPS) is 13.1. The third-order valence-electron chi connectivity index (χ3n) is 1.96. The molecule has 4 heteroatoms. The molecule has 0 bridgehead atoms. The van der Waals surface area contributed by atoms with Crippen LogP contribution in [0, 0.1) is 6.92 Å². The van der Waals surface area contributed by atoms with Crippen LogP contribution in [0.25, 0.3) is 0 Å². The molecule has 2 rings (SSSR count). The Hall–Kier alpha value is -0.160. The van der Waals surface area contributed by atoms with E-state index in [0.29, 0.717) is 0 Å². The van der Waals surface area contributed by atoms with Crippen LogP contribution >= 0.6 is 38.6 Å². The van der Waals surface area contributed by atoms with E-state index in [1.807, 2.05) is 30.5 Å². The predicted octanol–water partition coefficient (Wildman–Crippen LogP) is 3.96. The second kappa shape index (κ2) is 4.14. The maximum Gasteiger partial charge on any atom is 0.122 e. The zero-order chi connectivity index (χ0) is 10.1. The van der Waals surface area contributed by atoms with Gasteiger partial charge in [-0.15, -0.1) is 22.7 Å². The smallest absolute Gasteiger partial charge is 0.122 e. The summed E-state index contributed by atoms with van der Waals surface area (Å²) in [7, 11) is 0. The maximum atomic E-state index is 10.0. The summed E-state index contributed by atoms with van der Waals surface area (Å²) in [6, 6.07) is 5.90. The molecule has 2 aromatic heterocycles. The second-order valence-electron chi connectivity index (χ2n) is 2.97. The van der Waals surface area contributed by atoms with Gasteiger partial charge in [0.1, 0.15) is 6.10 Å². The molecule has 0 amide bonds. The van der Waals surface area contributed by atoms with E-state index in [9.17, 15) is 5.11 Å². The highest BCUT2D eigenvalue weighted by molar-refractivity contribution is 9.10. The monoisotopic (exact) mass is 288 g/mol. The fourth-order valence-corrected chi connectivity index (χ4v) is 3.57. The fourth-order valence-electron chi connectivity index (χ4n) is 1.20. The lowest BCUT2D eigenvalue weighted by atomic mass is 10.2. The maximum absolute atomic E-state index is 10.0. The molecular formula is C10H9BrOS2. The summed E-state index contributed by atoms with van der Waals surface area (Å²) in [6.45, 7) is 2.04. The zero-order valence-corrected chi connectivity index (χ0v) is 10.7. The molecular weight excluding hydrogens is 280 g/mol. The van der Waals surface area contributed by atoms with Gasteiger partial charge in [-0.3, -0.25) is 0 Å². The lowest BCUT2D eigenvalue weighted by molar-refractivity contribution is 0.228. The molecule has 0 aliphatic heterocycles. The van der Waals surface area contributed by atoms with Crippen LogP contribution in [0.5, 0.6) is 0 Å². The standard InChI is InChI=1S/C10H9BrOS2/c1-6-7(11)5-9(14-6)10(12)8-3-2-4-13-8/h2-5,10,12H,1H3. The van der Waals surface area contributed by atoms with Crippen LogP contribution in [0.15, 0.2) is 28.1 Å². The summed E-state index contributed by atoms with van der Waals surface area (Å²) in [6.07, 6.45) is -0.468. The van der Waals surface area contributed by atoms with Crippen molar-refractivity contribution in [1.29, 1.82) is 0 Å². The molecule has 0 aliphatic carbocycles. The van der Waals surface area contributed by atoms with Crippen LogP contribution in [-0.2, 0) is 0 Å². The molecule has 1 nitrogen and oxygen atoms in total. The van der Waals surface area contributed by atoms with Gasteiger partial charge in [0.15, 0.2) is 0 Å². The molecule has 0 fully saturated rings. The zero-order valence-electron chi connectivity index (χ0n) is 7.53. The SMILES string of the molecule is Cc1sc(C(O)c2cccs2)cc1Br. The molecule has 0 saturated heterocycles. The highest BCUT2D eigenvalue weighted by Gasteiger charge is 2.14. The van der Waals surface area contributed by atoms with Gasteiger partial charge in [-0.25, -0.2) is 0 Å². The fraction of sp³-hybridized carbons (Fsp3) is 0.200. The number of hydrogen-bond donors (Lipinski definition) is 1. The third-order valence-corrected chi connectivity index (χ3v) is 5.07. The lowest BCUT2D eigenvalue weighted by Crippen LogP contribution is -1.92. The van der Waals surface area contributed by atoms with E-state index in [-0.39, 0.29) is 0 Å². The van der Waals surface area contributed by atoms with Crippen LogP contribution < -0.4 is 0 Å². The Bertz CT molecular complexity index is 400. The van der Waals surface area contributed by atoms with E-state index >= 15 is 0 Å². The van der Waals surface area contributed by atoms with Gasteiger partial charge in [-0.05, 0) is 40.4 Å². The van der Waals surface area contributed by atoms with Crippen molar-refractivity contribution in [3.05, 3.63) is 42.7 Å². The van der Waals surface area contributed by atoms with E-state index in [2.05, 4.69) is 15.9 Å². The van der Waals surface area contributed by atoms with E-state index < -0.39 is 6.10 Å². The van der Waals surface area contributed by atoms with Crippen LogP contribution in [0.2, 0.25) is 0 Å². The highest BCUT2D eigenvalue weighted by Crippen LogP contribution is 2.34. The average Bonchev–Trinajstić information content (AvgIpc) is 2.76. The van der Waals surface area contributed by atoms with Crippen molar-refractivity contribution in [3.63, 3.8) is 0 Å². The van der Waals surface area contributed by atoms with Gasteiger partial charge in [0.25, 0.3) is 0 Å². The summed E-state index contributed by atoms with van der Waals surface area (Å²) in [4.78, 5) is 3.20. The molecule has 2 heterocycles. The third kappa shape index (κ3) is 1.93. The Labute approximate surface area is 99.2 Å². The van der Waals surface area contributed by atoms with Crippen molar-refractivity contribution in [1.82, 2.24) is 0 Å². The van der Waals surface area contributed by atoms with Gasteiger partial charge in [-0.1, -0.05) is 6.07 Å². The van der Waals surface area contributed by atoms with Crippen LogP contribution in [0.4, 0.5) is 0 Å². The molecule has 1 N–H and O–H groups in total. The Morgan fingerprint density at radius 2 is 2.21 bits per heavy atom. The lowest BCUT2D eigenvalue weighted by Gasteiger charge is -2.04. The first-order valence-corrected chi connectivity index (χ1v) is 6.64. The first kappa shape index (κ1) is 10.4. The van der Waals surface area contributed by atoms with E-state index in [1.54, 1.807) is 22.7 Å². The number of aliphatic hydroxyl groups excluding tert-OH is 1. The van der Waals surface area contributed by atoms with Crippen LogP contribution in [-0.4, -0.2) is 5.11 Å². The summed E-state index contributed by atoms with van der Waals surface area (Å²) < 4.78 is 1.08. The first-order valence-electron chi connectivity index (χ1n) is 4.16. The number of hydrogen-bond acceptors (Lipinski definition) is 3. The molecule has 74 valence electrons. The number of aliphatic hydroxyl groups is 1. The minimum atomic E-state index is -0.468. The first-order chi connectivity index (χ1) is 6.68. The van der Waals surface area contributed by atoms with E-state index in [1.165, 1.54) is 4.88 Å². The van der Waals surface area contributed by atoms with Gasteiger partial charge in [0.05, 0.1) is 0 Å². The number of aryl methyl sites for hydroxylation is 1. The highest BCUT2D eigenvalue weighted by atomic mass is 79.9. The molecule has 1 atom stereocenters. The number of rotatable bonds is 2. The summed E-state index contributed by atoms with van der Waals surface area (Å²) in [5.41, 5.74) is 0. The summed E-state index contributed by atoms with van der Waals surface area (Å²) in [5.74, 6) is 0. The van der Waals surface area contributed by atoms with Gasteiger partial charge in [0.2, 0.25) is 0 Å². The minimum absolute atomic E-state index is 0.468. The Morgan fingerprint density at radius 3 is 2.71 bits per heavy atom. The molecule has 0 aromatic carbocycles. The molecule has 2 aromatic rings. The number of thiophene rings is 2. The topological polar surface area (TPSA) is 20.2 Å². The quantitative estimate of drug-likeness (QED) is 0.887. The van der Waals surface area contributed by atoms with Crippen molar-refractivity contribution in [2.75, 3.05) is 0 Å². The van der Waals surface area contributed by atoms with Crippen molar-refractivity contribution in [2.45, 2.75) is 13.0 Å². The molecule has 0 aliphatic rings. The second-order valence-corrected chi connectivity index (χ2v) is 6.09. The van der Waals surface area contributed by atoms with Gasteiger partial charge in [0, 0.05) is 19.1 Å². The van der Waals surface area contributed by atoms with Gasteiger partial charge >= 0.3 is 0 Å². The van der Waals surface area contributed by atoms with Crippen LogP contribution in [0.3, 0.4) is 0 Å². The molecule has 0 saturated carbocycles. The van der Waals surface area contributed by atoms with Gasteiger partial charge in [-0.2, -0.15) is 0 Å². The van der Waals surface area contributed by atoms with Crippen molar-refractivity contribution in [3.8, 4) is 0 Å². The predicted molar refractivity (Wildman–Crippen MR) is 65.1 cm³/mol. The van der Waals surface area contributed by atoms with Crippen LogP contribution in [0.1, 0.15) is 20.7 Å². The van der Waals surface area contributed by atoms with Crippen molar-refractivity contribution in [2.24, 2.45) is 0 Å². The Morgan fingerprint density at radius 1 is 1.43 bits per heavy atom. The average molecular weight is 289 g/mol. The molecule has 1 unspecified atom stereocenters. The van der Waals surface area contributed by atoms with Crippen molar-refractivity contribution >= 4 is 38.6 Å². The Kier molecular flexibility index (Phi) is 3.07. The summed E-state index contributed by atoms with van der Waals surface area (Å²) >= 11 is 6.66. The van der Waals surface area contributed by atoms with Gasteiger partial charge < -0.3 is 5.11 Å². The Balaban J connectivity index is 2.32. The van der Waals surface area contributed by atoms with E-state index in [4.69, 9.17) is 0 Å². The number of halogens is 1. The van der Waals surface area contributed by atoms with Crippen molar-refractivity contribution < 1.29 is 5.11 Å². The molecule has 0 radical (unpaired) electrons. The molecule has 14 heavy (non-hydrogen) atoms. The minimum Gasteiger partial charge on any atom is -0.382 e. The van der Waals surface area contributed by atoms with E-state index in [0.717, 1.165) is 14.2 Å².